The van der Waals surface area contributed by atoms with E-state index in [1.165, 1.54) is 12.1 Å². The van der Waals surface area contributed by atoms with Gasteiger partial charge in [0.25, 0.3) is 0 Å². The Balaban J connectivity index is 2.01. The van der Waals surface area contributed by atoms with Gasteiger partial charge in [0.1, 0.15) is 29.3 Å². The SMILES string of the molecule is Cn1ccc2c3c(ccc21)[C@H](c1ccc(F)c(C#N)c1)C(C#N)=C(N)O3. The summed E-state index contributed by atoms with van der Waals surface area (Å²) in [6.45, 7) is 0. The molecule has 1 aliphatic heterocycles. The molecule has 2 aromatic carbocycles. The van der Waals surface area contributed by atoms with Gasteiger partial charge in [-0.1, -0.05) is 12.1 Å². The Hall–Kier alpha value is -3.77. The fourth-order valence-corrected chi connectivity index (χ4v) is 3.42. The summed E-state index contributed by atoms with van der Waals surface area (Å²) >= 11 is 0. The van der Waals surface area contributed by atoms with E-state index in [9.17, 15) is 9.65 Å². The molecule has 0 amide bonds. The van der Waals surface area contributed by atoms with Crippen LogP contribution in [-0.4, -0.2) is 4.57 Å². The molecule has 0 fully saturated rings. The summed E-state index contributed by atoms with van der Waals surface area (Å²) in [5, 5.41) is 19.6. The monoisotopic (exact) mass is 344 g/mol. The van der Waals surface area contributed by atoms with Crippen molar-refractivity contribution in [2.45, 2.75) is 5.92 Å². The minimum atomic E-state index is -0.600. The maximum Gasteiger partial charge on any atom is 0.205 e. The van der Waals surface area contributed by atoms with E-state index in [-0.39, 0.29) is 17.0 Å². The first kappa shape index (κ1) is 15.7. The van der Waals surface area contributed by atoms with Crippen molar-refractivity contribution >= 4 is 10.9 Å². The number of hydrogen-bond donors (Lipinski definition) is 1. The number of allylic oxidation sites excluding steroid dienone is 1. The number of fused-ring (bicyclic) bond motifs is 3. The van der Waals surface area contributed by atoms with Gasteiger partial charge >= 0.3 is 0 Å². The van der Waals surface area contributed by atoms with Gasteiger partial charge in [-0.2, -0.15) is 10.5 Å². The molecule has 0 aliphatic carbocycles. The lowest BCUT2D eigenvalue weighted by Crippen LogP contribution is -2.21. The van der Waals surface area contributed by atoms with Crippen LogP contribution in [0.25, 0.3) is 10.9 Å². The Morgan fingerprint density at radius 2 is 1.96 bits per heavy atom. The molecule has 6 heteroatoms. The van der Waals surface area contributed by atoms with E-state index in [4.69, 9.17) is 15.7 Å². The molecule has 1 aromatic heterocycles. The highest BCUT2D eigenvalue weighted by molar-refractivity contribution is 5.89. The quantitative estimate of drug-likeness (QED) is 0.733. The molecule has 0 spiro atoms. The summed E-state index contributed by atoms with van der Waals surface area (Å²) in [5.74, 6) is -0.532. The fraction of sp³-hybridized carbons (Fsp3) is 0.100. The third kappa shape index (κ3) is 2.13. The number of nitrogens with zero attached hydrogens (tertiary/aromatic N) is 3. The topological polar surface area (TPSA) is 87.8 Å². The number of aromatic nitrogens is 1. The van der Waals surface area contributed by atoms with Crippen LogP contribution < -0.4 is 10.5 Å². The smallest absolute Gasteiger partial charge is 0.205 e. The summed E-state index contributed by atoms with van der Waals surface area (Å²) in [4.78, 5) is 0. The molecule has 3 aromatic rings. The average Bonchev–Trinajstić information content (AvgIpc) is 3.02. The molecule has 5 nitrogen and oxygen atoms in total. The first-order valence-corrected chi connectivity index (χ1v) is 7.90. The van der Waals surface area contributed by atoms with Crippen molar-refractivity contribution < 1.29 is 9.13 Å². The highest BCUT2D eigenvalue weighted by Gasteiger charge is 2.32. The van der Waals surface area contributed by atoms with E-state index in [0.717, 1.165) is 16.5 Å². The number of aryl methyl sites for hydroxylation is 1. The average molecular weight is 344 g/mol. The molecule has 126 valence electrons. The molecule has 0 saturated carbocycles. The lowest BCUT2D eigenvalue weighted by Gasteiger charge is -2.27. The second kappa shape index (κ2) is 5.65. The molecule has 0 unspecified atom stereocenters. The van der Waals surface area contributed by atoms with Gasteiger partial charge in [-0.15, -0.1) is 0 Å². The van der Waals surface area contributed by atoms with Crippen LogP contribution in [0.4, 0.5) is 4.39 Å². The molecule has 2 N–H and O–H groups in total. The Kier molecular flexibility index (Phi) is 3.42. The van der Waals surface area contributed by atoms with Crippen LogP contribution in [0.1, 0.15) is 22.6 Å². The molecule has 0 bridgehead atoms. The fourth-order valence-electron chi connectivity index (χ4n) is 3.42. The molecule has 4 rings (SSSR count). The van der Waals surface area contributed by atoms with Crippen LogP contribution in [0.5, 0.6) is 5.75 Å². The Bertz CT molecular complexity index is 1180. The van der Waals surface area contributed by atoms with Crippen LogP contribution in [-0.2, 0) is 7.05 Å². The van der Waals surface area contributed by atoms with Crippen molar-refractivity contribution in [3.8, 4) is 17.9 Å². The van der Waals surface area contributed by atoms with Gasteiger partial charge in [0.15, 0.2) is 0 Å². The predicted octanol–water partition coefficient (Wildman–Crippen LogP) is 3.41. The van der Waals surface area contributed by atoms with Crippen LogP contribution in [0.2, 0.25) is 0 Å². The highest BCUT2D eigenvalue weighted by Crippen LogP contribution is 2.45. The van der Waals surface area contributed by atoms with E-state index < -0.39 is 11.7 Å². The van der Waals surface area contributed by atoms with Gasteiger partial charge < -0.3 is 15.0 Å². The lowest BCUT2D eigenvalue weighted by atomic mass is 9.82. The van der Waals surface area contributed by atoms with Gasteiger partial charge in [-0.3, -0.25) is 0 Å². The van der Waals surface area contributed by atoms with E-state index in [1.54, 1.807) is 6.07 Å². The van der Waals surface area contributed by atoms with Crippen molar-refractivity contribution in [2.24, 2.45) is 12.8 Å². The van der Waals surface area contributed by atoms with Crippen LogP contribution >= 0.6 is 0 Å². The number of rotatable bonds is 1. The van der Waals surface area contributed by atoms with E-state index >= 15 is 0 Å². The highest BCUT2D eigenvalue weighted by atomic mass is 19.1. The first-order valence-electron chi connectivity index (χ1n) is 7.90. The van der Waals surface area contributed by atoms with E-state index in [2.05, 4.69) is 6.07 Å². The number of nitrogens with two attached hydrogens (primary N) is 1. The third-order valence-electron chi connectivity index (χ3n) is 4.69. The maximum atomic E-state index is 13.7. The molecular weight excluding hydrogens is 331 g/mol. The summed E-state index contributed by atoms with van der Waals surface area (Å²) < 4.78 is 21.5. The van der Waals surface area contributed by atoms with E-state index in [1.807, 2.05) is 42.1 Å². The Morgan fingerprint density at radius 3 is 2.69 bits per heavy atom. The van der Waals surface area contributed by atoms with Gasteiger partial charge in [0.05, 0.1) is 17.0 Å². The maximum absolute atomic E-state index is 13.7. The zero-order valence-corrected chi connectivity index (χ0v) is 13.8. The van der Waals surface area contributed by atoms with Crippen LogP contribution in [0.15, 0.2) is 54.1 Å². The number of benzene rings is 2. The number of hydrogen-bond acceptors (Lipinski definition) is 4. The second-order valence-electron chi connectivity index (χ2n) is 6.12. The molecule has 0 radical (unpaired) electrons. The number of nitriles is 2. The molecule has 2 heterocycles. The molecule has 26 heavy (non-hydrogen) atoms. The third-order valence-corrected chi connectivity index (χ3v) is 4.69. The largest absolute Gasteiger partial charge is 0.439 e. The molecule has 1 atom stereocenters. The van der Waals surface area contributed by atoms with Crippen LogP contribution in [0, 0.1) is 28.5 Å². The molecule has 0 saturated heterocycles. The first-order chi connectivity index (χ1) is 12.5. The summed E-state index contributed by atoms with van der Waals surface area (Å²) in [6.07, 6.45) is 1.91. The second-order valence-corrected chi connectivity index (χ2v) is 6.12. The minimum absolute atomic E-state index is 0.0178. The minimum Gasteiger partial charge on any atom is -0.439 e. The van der Waals surface area contributed by atoms with Crippen LogP contribution in [0.3, 0.4) is 0 Å². The van der Waals surface area contributed by atoms with Crippen molar-refractivity contribution in [1.82, 2.24) is 4.57 Å². The van der Waals surface area contributed by atoms with Gasteiger partial charge in [0, 0.05) is 24.2 Å². The van der Waals surface area contributed by atoms with Crippen molar-refractivity contribution in [1.29, 1.82) is 10.5 Å². The summed E-state index contributed by atoms with van der Waals surface area (Å²) in [7, 11) is 1.92. The van der Waals surface area contributed by atoms with Gasteiger partial charge in [-0.25, -0.2) is 4.39 Å². The Labute approximate surface area is 148 Å². The molecule has 1 aliphatic rings. The number of ether oxygens (including phenoxy) is 1. The predicted molar refractivity (Wildman–Crippen MR) is 93.3 cm³/mol. The summed E-state index contributed by atoms with van der Waals surface area (Å²) in [5.41, 5.74) is 8.51. The van der Waals surface area contributed by atoms with Crippen molar-refractivity contribution in [2.75, 3.05) is 0 Å². The van der Waals surface area contributed by atoms with Crippen molar-refractivity contribution in [3.63, 3.8) is 0 Å². The number of halogens is 1. The van der Waals surface area contributed by atoms with E-state index in [0.29, 0.717) is 11.3 Å². The summed E-state index contributed by atoms with van der Waals surface area (Å²) in [6, 6.07) is 13.9. The van der Waals surface area contributed by atoms with Gasteiger partial charge in [-0.05, 0) is 29.8 Å². The van der Waals surface area contributed by atoms with Crippen molar-refractivity contribution in [3.05, 3.63) is 76.6 Å². The van der Waals surface area contributed by atoms with Gasteiger partial charge in [0.2, 0.25) is 5.88 Å². The molecular formula is C20H13FN4O. The zero-order chi connectivity index (χ0) is 18.4. The Morgan fingerprint density at radius 1 is 1.15 bits per heavy atom. The normalized spacial score (nSPS) is 15.9. The zero-order valence-electron chi connectivity index (χ0n) is 13.8. The standard InChI is InChI=1S/C20H13FN4O/c1-25-7-6-13-17(25)5-3-14-18(15(10-23)20(24)26-19(13)14)11-2-4-16(21)12(8-11)9-22/h2-8,18H,24H2,1H3/t18-/m0/s1. The lowest BCUT2D eigenvalue weighted by molar-refractivity contribution is 0.398.